The zero-order chi connectivity index (χ0) is 4.50. The fraction of sp³-hybridized carbons (Fsp3) is 0. The van der Waals surface area contributed by atoms with Gasteiger partial charge in [0.1, 0.15) is 0 Å². The first kappa shape index (κ1) is 22.6. The maximum atomic E-state index is 8.89. The maximum absolute atomic E-state index is 8.89. The van der Waals surface area contributed by atoms with Crippen LogP contribution in [0.2, 0.25) is 0 Å². The van der Waals surface area contributed by atoms with E-state index in [1.165, 1.54) is 0 Å². The Kier molecular flexibility index (Phi) is 24.6. The van der Waals surface area contributed by atoms with E-state index in [1.54, 1.807) is 0 Å². The van der Waals surface area contributed by atoms with Crippen LogP contribution in [-0.4, -0.2) is 13.3 Å². The Morgan fingerprint density at radius 1 is 1.25 bits per heavy atom. The van der Waals surface area contributed by atoms with Crippen LogP contribution in [0.25, 0.3) is 0 Å². The molecule has 0 spiro atoms. The Hall–Kier alpha value is 1.73. The van der Waals surface area contributed by atoms with Crippen molar-refractivity contribution in [2.75, 3.05) is 0 Å². The summed E-state index contributed by atoms with van der Waals surface area (Å²) in [6.45, 7) is 0. The molecule has 0 aliphatic carbocycles. The van der Waals surface area contributed by atoms with Crippen LogP contribution in [0.5, 0.6) is 0 Å². The zero-order valence-corrected chi connectivity index (χ0v) is 7.95. The summed E-state index contributed by atoms with van der Waals surface area (Å²) in [5.41, 5.74) is 0. The predicted molar refractivity (Wildman–Crippen MR) is 22.1 cm³/mol. The molecule has 0 aliphatic rings. The van der Waals surface area contributed by atoms with Crippen LogP contribution in [-0.2, 0) is 65.0 Å². The topological polar surface area (TPSA) is 98.2 Å². The second-order valence-electron chi connectivity index (χ2n) is 0.408. The second-order valence-corrected chi connectivity index (χ2v) is 2.45. The minimum atomic E-state index is -4.33. The Balaban J connectivity index is -0.0000000267. The van der Waals surface area contributed by atoms with Crippen LogP contribution >= 0.6 is 0 Å². The van der Waals surface area contributed by atoms with E-state index in [0.717, 1.165) is 0 Å². The molecule has 0 atom stereocenters. The first-order valence-corrected chi connectivity index (χ1v) is 3.00. The van der Waals surface area contributed by atoms with Crippen molar-refractivity contribution in [1.82, 2.24) is 6.15 Å². The van der Waals surface area contributed by atoms with Gasteiger partial charge in [0.25, 0.3) is 0 Å². The molecule has 0 bridgehead atoms. The third kappa shape index (κ3) is 117. The summed E-state index contributed by atoms with van der Waals surface area (Å²) < 4.78 is 26.7. The second kappa shape index (κ2) is 8.73. The van der Waals surface area contributed by atoms with E-state index in [-0.39, 0.29) is 50.9 Å². The molecule has 4 nitrogen and oxygen atoms in total. The van der Waals surface area contributed by atoms with Crippen molar-refractivity contribution in [3.63, 3.8) is 0 Å². The van der Waals surface area contributed by atoms with Gasteiger partial charge in [-0.25, -0.2) is 0 Å². The van der Waals surface area contributed by atoms with Crippen molar-refractivity contribution in [3.8, 4) is 0 Å². The first-order valence-electron chi connectivity index (χ1n) is 0.667. The van der Waals surface area contributed by atoms with Gasteiger partial charge in [0.15, 0.2) is 0 Å². The number of hydrogen-bond acceptors (Lipinski definition) is 5. The Labute approximate surface area is 83.7 Å². The first-order chi connectivity index (χ1) is 2.00. The van der Waals surface area contributed by atoms with Crippen LogP contribution in [0.15, 0.2) is 0 Å². The van der Waals surface area contributed by atoms with Gasteiger partial charge in [-0.3, -0.25) is 4.21 Å². The zero-order valence-electron chi connectivity index (χ0n) is 3.35. The van der Waals surface area contributed by atoms with Crippen molar-refractivity contribution < 1.29 is 58.1 Å². The SMILES string of the molecule is N.O=S([O-])([O-])=S.[Ag+].[Ag+]. The van der Waals surface area contributed by atoms with Crippen molar-refractivity contribution in [2.24, 2.45) is 0 Å². The molecule has 8 heavy (non-hydrogen) atoms. The van der Waals surface area contributed by atoms with Gasteiger partial charge in [-0.2, -0.15) is 0 Å². The molecule has 0 aromatic rings. The number of hydrogen-bond donors (Lipinski definition) is 1. The van der Waals surface area contributed by atoms with Crippen molar-refractivity contribution in [1.29, 1.82) is 0 Å². The van der Waals surface area contributed by atoms with Gasteiger partial charge in [0, 0.05) is 0 Å². The molecule has 8 heteroatoms. The molecule has 0 radical (unpaired) electrons. The molecule has 0 heterocycles. The average Bonchev–Trinajstić information content (AvgIpc) is 0.722. The van der Waals surface area contributed by atoms with E-state index in [0.29, 0.717) is 0 Å². The standard InChI is InChI=1S/2Ag.H3N.H2O3S2/c;;;1-5(2,3)4/h;;1H3;(H2,1,2,3,4)/q2*+1;;/p-2. The van der Waals surface area contributed by atoms with E-state index < -0.39 is 9.05 Å². The predicted octanol–water partition coefficient (Wildman–Crippen LogP) is -0.849. The third-order valence-electron chi connectivity index (χ3n) is 0. The number of rotatable bonds is 0. The van der Waals surface area contributed by atoms with Crippen molar-refractivity contribution in [2.45, 2.75) is 0 Å². The molecule has 0 fully saturated rings. The summed E-state index contributed by atoms with van der Waals surface area (Å²) in [6, 6.07) is 0. The normalized spacial score (nSPS) is 7.25. The Morgan fingerprint density at radius 2 is 1.25 bits per heavy atom. The van der Waals surface area contributed by atoms with E-state index in [1.807, 2.05) is 0 Å². The van der Waals surface area contributed by atoms with Gasteiger partial charge in [-0.05, 0) is 11.2 Å². The van der Waals surface area contributed by atoms with Crippen molar-refractivity contribution >= 4 is 20.2 Å². The molecule has 0 saturated carbocycles. The molecular formula is H3Ag2NO3S2. The van der Waals surface area contributed by atoms with Crippen LogP contribution < -0.4 is 6.15 Å². The van der Waals surface area contributed by atoms with Crippen LogP contribution in [0.1, 0.15) is 0 Å². The molecule has 0 aliphatic heterocycles. The molecule has 60 valence electrons. The van der Waals surface area contributed by atoms with E-state index >= 15 is 0 Å². The monoisotopic (exact) mass is 343 g/mol. The minimum absolute atomic E-state index is 0. The van der Waals surface area contributed by atoms with Gasteiger partial charge in [-0.1, -0.05) is 0 Å². The molecule has 3 N–H and O–H groups in total. The summed E-state index contributed by atoms with van der Waals surface area (Å²) in [4.78, 5) is 0. The molecule has 0 aromatic carbocycles. The van der Waals surface area contributed by atoms with Crippen LogP contribution in [0.3, 0.4) is 0 Å². The molecule has 0 amide bonds. The summed E-state index contributed by atoms with van der Waals surface area (Å²) in [6.07, 6.45) is 0. The average molecular weight is 345 g/mol. The molecule has 0 aromatic heterocycles. The summed E-state index contributed by atoms with van der Waals surface area (Å²) >= 11 is 3.24. The van der Waals surface area contributed by atoms with Crippen molar-refractivity contribution in [3.05, 3.63) is 0 Å². The fourth-order valence-electron chi connectivity index (χ4n) is 0. The summed E-state index contributed by atoms with van der Waals surface area (Å²) in [5.74, 6) is 0. The van der Waals surface area contributed by atoms with Gasteiger partial charge in [-0.15, -0.1) is 9.05 Å². The summed E-state index contributed by atoms with van der Waals surface area (Å²) in [5, 5.41) is 0. The quantitative estimate of drug-likeness (QED) is 0.577. The van der Waals surface area contributed by atoms with Gasteiger partial charge in [0.05, 0.1) is 0 Å². The molecule has 0 unspecified atom stereocenters. The maximum Gasteiger partial charge on any atom is 1.00 e. The van der Waals surface area contributed by atoms with E-state index in [2.05, 4.69) is 11.2 Å². The van der Waals surface area contributed by atoms with E-state index in [9.17, 15) is 0 Å². The Bertz CT molecular complexity index is 98.5. The van der Waals surface area contributed by atoms with E-state index in [4.69, 9.17) is 13.3 Å². The van der Waals surface area contributed by atoms with Crippen LogP contribution in [0.4, 0.5) is 0 Å². The minimum Gasteiger partial charge on any atom is -0.780 e. The van der Waals surface area contributed by atoms with Gasteiger partial charge in [0.2, 0.25) is 0 Å². The van der Waals surface area contributed by atoms with Crippen LogP contribution in [0, 0.1) is 0 Å². The molecule has 0 rings (SSSR count). The Morgan fingerprint density at radius 3 is 1.25 bits per heavy atom. The summed E-state index contributed by atoms with van der Waals surface area (Å²) in [7, 11) is -4.33. The molecule has 0 saturated heterocycles. The third-order valence-corrected chi connectivity index (χ3v) is 0. The smallest absolute Gasteiger partial charge is 0.780 e. The van der Waals surface area contributed by atoms with Gasteiger partial charge >= 0.3 is 44.8 Å². The molecular weight excluding hydrogens is 342 g/mol. The fourth-order valence-corrected chi connectivity index (χ4v) is 0. The largest absolute Gasteiger partial charge is 1.00 e. The van der Waals surface area contributed by atoms with Gasteiger partial charge < -0.3 is 15.3 Å².